The summed E-state index contributed by atoms with van der Waals surface area (Å²) in [6, 6.07) is 0. The van der Waals surface area contributed by atoms with Crippen LogP contribution in [0.3, 0.4) is 0 Å². The number of rotatable bonds is 6. The van der Waals surface area contributed by atoms with Gasteiger partial charge in [0.25, 0.3) is 0 Å². The van der Waals surface area contributed by atoms with E-state index in [1.807, 2.05) is 5.32 Å². The molecule has 1 fully saturated rings. The number of thiol groups is 1. The number of alkyl halides is 6. The Balaban J connectivity index is 2.01. The summed E-state index contributed by atoms with van der Waals surface area (Å²) in [5, 5.41) is 20.5. The van der Waals surface area contributed by atoms with Crippen molar-refractivity contribution in [2.24, 2.45) is 0 Å². The number of hydrogen-bond donors (Lipinski definition) is 4. The molecular formula is C15H17F6N5O3S. The lowest BCUT2D eigenvalue weighted by atomic mass is 10.2. The van der Waals surface area contributed by atoms with Gasteiger partial charge in [-0.1, -0.05) is 0 Å². The molecule has 0 aromatic carbocycles. The van der Waals surface area contributed by atoms with Crippen LogP contribution in [0, 0.1) is 0 Å². The lowest BCUT2D eigenvalue weighted by Crippen LogP contribution is -2.30. The molecule has 3 rings (SSSR count). The Morgan fingerprint density at radius 3 is 2.43 bits per heavy atom. The van der Waals surface area contributed by atoms with E-state index in [9.17, 15) is 36.6 Å². The van der Waals surface area contributed by atoms with Gasteiger partial charge in [0.05, 0.1) is 30.7 Å². The van der Waals surface area contributed by atoms with Crippen LogP contribution in [0.1, 0.15) is 18.5 Å². The third kappa shape index (κ3) is 5.07. The van der Waals surface area contributed by atoms with Gasteiger partial charge in [0.2, 0.25) is 0 Å². The molecule has 1 aliphatic rings. The van der Waals surface area contributed by atoms with Crippen LogP contribution in [0.25, 0.3) is 11.2 Å². The van der Waals surface area contributed by atoms with Crippen LogP contribution in [0.2, 0.25) is 0 Å². The Labute approximate surface area is 170 Å². The normalized spacial score (nSPS) is 25.2. The molecule has 0 unspecified atom stereocenters. The van der Waals surface area contributed by atoms with Gasteiger partial charge in [-0.15, -0.1) is 0 Å². The minimum atomic E-state index is -4.60. The molecule has 30 heavy (non-hydrogen) atoms. The molecule has 1 aliphatic heterocycles. The fraction of sp³-hybridized carbons (Fsp3) is 0.667. The van der Waals surface area contributed by atoms with Gasteiger partial charge in [0.1, 0.15) is 18.5 Å². The lowest BCUT2D eigenvalue weighted by Gasteiger charge is -2.17. The summed E-state index contributed by atoms with van der Waals surface area (Å²) in [7, 11) is 0. The van der Waals surface area contributed by atoms with Gasteiger partial charge in [0, 0.05) is 6.42 Å². The second-order valence-corrected chi connectivity index (χ2v) is 7.22. The molecule has 3 N–H and O–H groups in total. The molecular weight excluding hydrogens is 444 g/mol. The Morgan fingerprint density at radius 2 is 1.87 bits per heavy atom. The first-order valence-electron chi connectivity index (χ1n) is 8.63. The van der Waals surface area contributed by atoms with Crippen molar-refractivity contribution >= 4 is 29.6 Å². The first-order valence-corrected chi connectivity index (χ1v) is 9.14. The average Bonchev–Trinajstić information content (AvgIpc) is 3.18. The Morgan fingerprint density at radius 1 is 1.17 bits per heavy atom. The third-order valence-corrected chi connectivity index (χ3v) is 4.91. The standard InChI is InChI=1S/C15H17F6N5O3S/c16-14(17,18)2-1-7-24-11(22-4-15(19,20)21)8-12(25-7)26(5-23-8)13-10(30)9(28)6(3-27)29-13/h5-6,9-10,13,27-28,30H,1-4H2,(H,22,24,25)/t6-,9-,10-,13-/m1/s1. The van der Waals surface area contributed by atoms with Crippen molar-refractivity contribution in [2.75, 3.05) is 18.5 Å². The Kier molecular flexibility index (Phi) is 6.36. The molecule has 0 amide bonds. The second-order valence-electron chi connectivity index (χ2n) is 6.63. The molecule has 1 saturated heterocycles. The molecule has 3 heterocycles. The van der Waals surface area contributed by atoms with Crippen molar-refractivity contribution in [1.82, 2.24) is 19.5 Å². The van der Waals surface area contributed by atoms with Crippen molar-refractivity contribution in [3.63, 3.8) is 0 Å². The van der Waals surface area contributed by atoms with E-state index in [4.69, 9.17) is 4.74 Å². The smallest absolute Gasteiger partial charge is 0.394 e. The SMILES string of the molecule is OC[C@H]1O[C@@H](n2cnc3c(NCC(F)(F)F)nc(CCC(F)(F)F)nc32)[C@H](S)[C@@H]1O. The highest BCUT2D eigenvalue weighted by Gasteiger charge is 2.43. The number of nitrogens with zero attached hydrogens (tertiary/aromatic N) is 4. The van der Waals surface area contributed by atoms with Crippen molar-refractivity contribution in [2.45, 2.75) is 48.9 Å². The van der Waals surface area contributed by atoms with Crippen molar-refractivity contribution in [1.29, 1.82) is 0 Å². The minimum absolute atomic E-state index is 0.0957. The molecule has 0 spiro atoms. The summed E-state index contributed by atoms with van der Waals surface area (Å²) >= 11 is 4.23. The van der Waals surface area contributed by atoms with Crippen molar-refractivity contribution in [3.8, 4) is 0 Å². The number of halogens is 6. The van der Waals surface area contributed by atoms with Gasteiger partial charge >= 0.3 is 12.4 Å². The maximum Gasteiger partial charge on any atom is 0.405 e. The second kappa shape index (κ2) is 8.36. The van der Waals surface area contributed by atoms with Crippen LogP contribution in [0.5, 0.6) is 0 Å². The van der Waals surface area contributed by atoms with Crippen LogP contribution in [0.15, 0.2) is 6.33 Å². The number of aliphatic hydroxyl groups is 2. The molecule has 8 nitrogen and oxygen atoms in total. The molecule has 4 atom stereocenters. The minimum Gasteiger partial charge on any atom is -0.394 e. The van der Waals surface area contributed by atoms with Crippen molar-refractivity contribution < 1.29 is 41.3 Å². The van der Waals surface area contributed by atoms with E-state index >= 15 is 0 Å². The van der Waals surface area contributed by atoms with Gasteiger partial charge in [-0.2, -0.15) is 39.0 Å². The fourth-order valence-corrected chi connectivity index (χ4v) is 3.34. The largest absolute Gasteiger partial charge is 0.405 e. The molecule has 0 saturated carbocycles. The number of nitrogens with one attached hydrogen (secondary N) is 1. The topological polar surface area (TPSA) is 105 Å². The summed E-state index contributed by atoms with van der Waals surface area (Å²) < 4.78 is 82.3. The monoisotopic (exact) mass is 461 g/mol. The molecule has 15 heteroatoms. The predicted octanol–water partition coefficient (Wildman–Crippen LogP) is 1.84. The number of hydrogen-bond acceptors (Lipinski definition) is 8. The van der Waals surface area contributed by atoms with Crippen molar-refractivity contribution in [3.05, 3.63) is 12.2 Å². The number of fused-ring (bicyclic) bond motifs is 1. The average molecular weight is 461 g/mol. The Bertz CT molecular complexity index is 892. The van der Waals surface area contributed by atoms with Crippen LogP contribution < -0.4 is 5.32 Å². The summed E-state index contributed by atoms with van der Waals surface area (Å²) in [6.45, 7) is -2.00. The highest BCUT2D eigenvalue weighted by Crippen LogP contribution is 2.35. The van der Waals surface area contributed by atoms with Gasteiger partial charge in [-0.3, -0.25) is 4.57 Å². The van der Waals surface area contributed by atoms with E-state index in [1.165, 1.54) is 4.57 Å². The highest BCUT2D eigenvalue weighted by atomic mass is 32.1. The van der Waals surface area contributed by atoms with E-state index < -0.39 is 62.0 Å². The van der Waals surface area contributed by atoms with Gasteiger partial charge < -0.3 is 20.3 Å². The summed E-state index contributed by atoms with van der Waals surface area (Å²) in [6.07, 6.45) is -13.1. The molecule has 168 valence electrons. The summed E-state index contributed by atoms with van der Waals surface area (Å²) in [4.78, 5) is 11.7. The van der Waals surface area contributed by atoms with Crippen LogP contribution in [-0.4, -0.2) is 72.7 Å². The van der Waals surface area contributed by atoms with Crippen LogP contribution in [-0.2, 0) is 11.2 Å². The number of anilines is 1. The van der Waals surface area contributed by atoms with E-state index in [1.54, 1.807) is 0 Å². The zero-order valence-corrected chi connectivity index (χ0v) is 15.9. The number of aliphatic hydroxyl groups excluding tert-OH is 2. The van der Waals surface area contributed by atoms with Gasteiger partial charge in [-0.25, -0.2) is 15.0 Å². The number of aromatic nitrogens is 4. The predicted molar refractivity (Wildman–Crippen MR) is 94.0 cm³/mol. The van der Waals surface area contributed by atoms with Gasteiger partial charge in [0.15, 0.2) is 23.2 Å². The number of ether oxygens (including phenoxy) is 1. The Hall–Kier alpha value is -1.84. The first-order chi connectivity index (χ1) is 13.9. The lowest BCUT2D eigenvalue weighted by molar-refractivity contribution is -0.134. The zero-order chi connectivity index (χ0) is 22.3. The summed E-state index contributed by atoms with van der Waals surface area (Å²) in [5.74, 6) is -0.736. The number of aryl methyl sites for hydroxylation is 1. The maximum atomic E-state index is 12.6. The van der Waals surface area contributed by atoms with Crippen LogP contribution >= 0.6 is 12.6 Å². The molecule has 0 radical (unpaired) electrons. The zero-order valence-electron chi connectivity index (χ0n) is 15.0. The van der Waals surface area contributed by atoms with E-state index in [-0.39, 0.29) is 22.8 Å². The number of imidazole rings is 1. The maximum absolute atomic E-state index is 12.6. The van der Waals surface area contributed by atoms with Gasteiger partial charge in [-0.05, 0) is 0 Å². The van der Waals surface area contributed by atoms with Crippen LogP contribution in [0.4, 0.5) is 32.2 Å². The summed E-state index contributed by atoms with van der Waals surface area (Å²) in [5.41, 5.74) is -0.220. The molecule has 0 aliphatic carbocycles. The van der Waals surface area contributed by atoms with E-state index in [0.29, 0.717) is 0 Å². The quantitative estimate of drug-likeness (QED) is 0.384. The first kappa shape index (κ1) is 22.8. The van der Waals surface area contributed by atoms with E-state index in [0.717, 1.165) is 6.33 Å². The fourth-order valence-electron chi connectivity index (χ4n) is 2.93. The molecule has 2 aromatic rings. The third-order valence-electron chi connectivity index (χ3n) is 4.35. The molecule has 0 bridgehead atoms. The van der Waals surface area contributed by atoms with E-state index in [2.05, 4.69) is 27.6 Å². The molecule has 2 aromatic heterocycles. The highest BCUT2D eigenvalue weighted by molar-refractivity contribution is 7.81.